The van der Waals surface area contributed by atoms with Crippen molar-refractivity contribution in [3.8, 4) is 5.75 Å². The second kappa shape index (κ2) is 14.2. The zero-order valence-corrected chi connectivity index (χ0v) is 27.7. The fourth-order valence-corrected chi connectivity index (χ4v) is 9.02. The minimum Gasteiger partial charge on any atom is -0.487 e. The quantitative estimate of drug-likeness (QED) is 0.440. The van der Waals surface area contributed by atoms with Crippen molar-refractivity contribution in [2.75, 3.05) is 31.1 Å². The molecule has 1 saturated heterocycles. The highest BCUT2D eigenvalue weighted by molar-refractivity contribution is 7.87. The second-order valence-electron chi connectivity index (χ2n) is 13.3. The monoisotopic (exact) mass is 659 g/mol. The van der Waals surface area contributed by atoms with E-state index in [1.165, 1.54) is 9.87 Å². The summed E-state index contributed by atoms with van der Waals surface area (Å²) in [6.45, 7) is 4.53. The van der Waals surface area contributed by atoms with Gasteiger partial charge in [0.25, 0.3) is 5.91 Å². The van der Waals surface area contributed by atoms with E-state index in [2.05, 4.69) is 9.62 Å². The number of aryl methyl sites for hydroxylation is 1. The first-order valence-electron chi connectivity index (χ1n) is 16.6. The van der Waals surface area contributed by atoms with Crippen molar-refractivity contribution in [3.05, 3.63) is 58.1 Å². The van der Waals surface area contributed by atoms with E-state index in [-0.39, 0.29) is 30.2 Å². The highest BCUT2D eigenvalue weighted by Gasteiger charge is 2.38. The molecule has 11 heteroatoms. The van der Waals surface area contributed by atoms with Gasteiger partial charge in [0.2, 0.25) is 0 Å². The molecule has 9 nitrogen and oxygen atoms in total. The Bertz CT molecular complexity index is 1470. The molecule has 0 unspecified atom stereocenters. The van der Waals surface area contributed by atoms with E-state index in [0.29, 0.717) is 49.2 Å². The van der Waals surface area contributed by atoms with E-state index in [0.717, 1.165) is 69.3 Å². The number of amides is 1. The standard InChI is InChI=1S/C34H46ClN3O6S/c1-23-6-4-9-32(39)30-14-11-26(30)20-37-16-3-2-7-24-18-28(35)13-10-27(24)22-44-33-15-12-25(19-31(33)37)34(40)36-45(41,42)38(23)21-29-8-5-17-43-29/h10,12-13,15,18-19,23,26,29-30,32,39H,2-9,11,14,16-17,20-22H2,1H3,(H,36,40)/t23-,26-,29+,30+,32-/m0/s1. The van der Waals surface area contributed by atoms with Gasteiger partial charge < -0.3 is 19.5 Å². The van der Waals surface area contributed by atoms with Gasteiger partial charge in [-0.3, -0.25) is 4.79 Å². The highest BCUT2D eigenvalue weighted by Crippen LogP contribution is 2.41. The molecule has 2 aromatic carbocycles. The first-order chi connectivity index (χ1) is 21.7. The predicted molar refractivity (Wildman–Crippen MR) is 175 cm³/mol. The zero-order chi connectivity index (χ0) is 31.6. The molecule has 3 aliphatic heterocycles. The van der Waals surface area contributed by atoms with Crippen LogP contribution in [-0.2, 0) is 28.0 Å². The number of aliphatic hydroxyl groups is 1. The molecule has 0 spiro atoms. The fourth-order valence-electron chi connectivity index (χ4n) is 7.41. The third kappa shape index (κ3) is 7.62. The van der Waals surface area contributed by atoms with Gasteiger partial charge in [-0.2, -0.15) is 12.7 Å². The lowest BCUT2D eigenvalue weighted by Gasteiger charge is -2.43. The second-order valence-corrected chi connectivity index (χ2v) is 15.3. The average molecular weight is 660 g/mol. The van der Waals surface area contributed by atoms with E-state index in [4.69, 9.17) is 21.1 Å². The number of benzene rings is 2. The summed E-state index contributed by atoms with van der Waals surface area (Å²) in [6, 6.07) is 10.7. The van der Waals surface area contributed by atoms with E-state index >= 15 is 0 Å². The summed E-state index contributed by atoms with van der Waals surface area (Å²) in [4.78, 5) is 15.9. The first kappa shape index (κ1) is 32.6. The molecule has 2 aromatic rings. The molecule has 1 amide bonds. The van der Waals surface area contributed by atoms with Crippen LogP contribution in [0.3, 0.4) is 0 Å². The van der Waals surface area contributed by atoms with Crippen LogP contribution in [0.1, 0.15) is 86.2 Å². The van der Waals surface area contributed by atoms with Crippen LogP contribution in [0.25, 0.3) is 0 Å². The van der Waals surface area contributed by atoms with Crippen molar-refractivity contribution < 1.29 is 27.8 Å². The Morgan fingerprint density at radius 2 is 1.87 bits per heavy atom. The Balaban J connectivity index is 1.35. The lowest BCUT2D eigenvalue weighted by molar-refractivity contribution is 0.00852. The number of hydrogen-bond donors (Lipinski definition) is 2. The zero-order valence-electron chi connectivity index (χ0n) is 26.1. The van der Waals surface area contributed by atoms with Crippen LogP contribution in [0.5, 0.6) is 5.75 Å². The molecule has 2 fully saturated rings. The van der Waals surface area contributed by atoms with Crippen LogP contribution in [-0.4, -0.2) is 68.2 Å². The van der Waals surface area contributed by atoms with Gasteiger partial charge in [0.1, 0.15) is 12.4 Å². The Kier molecular flexibility index (Phi) is 10.3. The molecule has 2 bridgehead atoms. The average Bonchev–Trinajstić information content (AvgIpc) is 3.50. The van der Waals surface area contributed by atoms with Crippen molar-refractivity contribution in [1.29, 1.82) is 0 Å². The van der Waals surface area contributed by atoms with Gasteiger partial charge in [-0.1, -0.05) is 17.7 Å². The van der Waals surface area contributed by atoms with Crippen LogP contribution in [0, 0.1) is 11.8 Å². The van der Waals surface area contributed by atoms with Gasteiger partial charge in [-0.05, 0) is 124 Å². The van der Waals surface area contributed by atoms with E-state index in [1.807, 2.05) is 25.1 Å². The summed E-state index contributed by atoms with van der Waals surface area (Å²) in [6.07, 6.45) is 7.75. The molecule has 3 heterocycles. The molecule has 2 N–H and O–H groups in total. The molecule has 1 aliphatic carbocycles. The summed E-state index contributed by atoms with van der Waals surface area (Å²) >= 11 is 6.33. The summed E-state index contributed by atoms with van der Waals surface area (Å²) in [5, 5.41) is 12.0. The van der Waals surface area contributed by atoms with Gasteiger partial charge in [-0.25, -0.2) is 4.72 Å². The van der Waals surface area contributed by atoms with Crippen LogP contribution in [0.15, 0.2) is 36.4 Å². The van der Waals surface area contributed by atoms with E-state index in [9.17, 15) is 18.3 Å². The maximum Gasteiger partial charge on any atom is 0.304 e. The van der Waals surface area contributed by atoms with Gasteiger partial charge in [0.15, 0.2) is 0 Å². The number of carbonyl (C=O) groups excluding carboxylic acids is 1. The van der Waals surface area contributed by atoms with Crippen molar-refractivity contribution in [1.82, 2.24) is 9.03 Å². The van der Waals surface area contributed by atoms with Gasteiger partial charge in [0, 0.05) is 42.9 Å². The van der Waals surface area contributed by atoms with Crippen molar-refractivity contribution >= 4 is 33.4 Å². The lowest BCUT2D eigenvalue weighted by atomic mass is 9.69. The summed E-state index contributed by atoms with van der Waals surface area (Å²) in [5.41, 5.74) is 3.28. The van der Waals surface area contributed by atoms with Crippen LogP contribution >= 0.6 is 11.6 Å². The minimum absolute atomic E-state index is 0.190. The number of nitrogens with one attached hydrogen (secondary N) is 1. The van der Waals surface area contributed by atoms with E-state index in [1.54, 1.807) is 18.2 Å². The predicted octanol–water partition coefficient (Wildman–Crippen LogP) is 5.48. The SMILES string of the molecule is C[C@H]1CCC[C@H](O)[C@@H]2CC[C@H]2CN2CCCCc3cc(Cl)ccc3COc3ccc(cc32)C(=O)NS(=O)(=O)N1C[C@H]1CCCO1. The summed E-state index contributed by atoms with van der Waals surface area (Å²) in [5.74, 6) is 0.498. The minimum atomic E-state index is -4.17. The molecule has 6 rings (SSSR count). The number of aliphatic hydroxyl groups excluding tert-OH is 1. The Morgan fingerprint density at radius 3 is 2.64 bits per heavy atom. The lowest BCUT2D eigenvalue weighted by Crippen LogP contribution is -2.50. The van der Waals surface area contributed by atoms with Crippen LogP contribution < -0.4 is 14.4 Å². The molecule has 45 heavy (non-hydrogen) atoms. The summed E-state index contributed by atoms with van der Waals surface area (Å²) in [7, 11) is -4.17. The largest absolute Gasteiger partial charge is 0.487 e. The molecule has 246 valence electrons. The number of carbonyl (C=O) groups is 1. The molecular formula is C34H46ClN3O6S. The number of anilines is 1. The van der Waals surface area contributed by atoms with Crippen molar-refractivity contribution in [2.24, 2.45) is 11.8 Å². The molecular weight excluding hydrogens is 614 g/mol. The van der Waals surface area contributed by atoms with Crippen LogP contribution in [0.2, 0.25) is 5.02 Å². The molecule has 0 radical (unpaired) electrons. The smallest absolute Gasteiger partial charge is 0.304 e. The fraction of sp³-hybridized carbons (Fsp3) is 0.618. The number of hydrogen-bond acceptors (Lipinski definition) is 7. The first-order valence-corrected chi connectivity index (χ1v) is 18.4. The van der Waals surface area contributed by atoms with Gasteiger partial charge in [-0.15, -0.1) is 0 Å². The van der Waals surface area contributed by atoms with Crippen molar-refractivity contribution in [2.45, 2.75) is 96.0 Å². The number of halogens is 1. The third-order valence-electron chi connectivity index (χ3n) is 10.2. The molecule has 1 saturated carbocycles. The maximum atomic E-state index is 13.8. The molecule has 4 aliphatic rings. The maximum absolute atomic E-state index is 13.8. The van der Waals surface area contributed by atoms with Gasteiger partial charge in [0.05, 0.1) is 17.9 Å². The highest BCUT2D eigenvalue weighted by atomic mass is 35.5. The van der Waals surface area contributed by atoms with Crippen molar-refractivity contribution in [3.63, 3.8) is 0 Å². The van der Waals surface area contributed by atoms with E-state index < -0.39 is 22.2 Å². The number of ether oxygens (including phenoxy) is 2. The Morgan fingerprint density at radius 1 is 1.00 bits per heavy atom. The third-order valence-corrected chi connectivity index (χ3v) is 12.0. The Hall–Kier alpha value is -2.37. The Labute approximate surface area is 272 Å². The molecule has 0 aromatic heterocycles. The number of nitrogens with zero attached hydrogens (tertiary/aromatic N) is 2. The topological polar surface area (TPSA) is 108 Å². The number of rotatable bonds is 2. The van der Waals surface area contributed by atoms with Gasteiger partial charge >= 0.3 is 10.2 Å². The molecule has 5 atom stereocenters. The van der Waals surface area contributed by atoms with Crippen LogP contribution in [0.4, 0.5) is 5.69 Å². The summed E-state index contributed by atoms with van der Waals surface area (Å²) < 4.78 is 43.5. The normalized spacial score (nSPS) is 29.7. The number of fused-ring (bicyclic) bond motifs is 3.